The molecular weight excluding hydrogens is 715 g/mol. The van der Waals surface area contributed by atoms with Gasteiger partial charge in [0.15, 0.2) is 0 Å². The maximum absolute atomic E-state index is 7.23. The van der Waals surface area contributed by atoms with Crippen molar-refractivity contribution in [2.75, 3.05) is 9.80 Å². The van der Waals surface area contributed by atoms with Gasteiger partial charge in [-0.05, 0) is 147 Å². The molecule has 7 aromatic carbocycles. The molecule has 10 rings (SSSR count). The zero-order chi connectivity index (χ0) is 41.0. The van der Waals surface area contributed by atoms with Crippen LogP contribution in [0, 0.1) is 20.8 Å². The Morgan fingerprint density at radius 1 is 0.492 bits per heavy atom. The average molecular weight is 767 g/mol. The van der Waals surface area contributed by atoms with Crippen LogP contribution < -0.4 is 26.4 Å². The molecule has 2 aliphatic rings. The third-order valence-corrected chi connectivity index (χ3v) is 12.7. The molecule has 8 aromatic rings. The second kappa shape index (κ2) is 13.4. The van der Waals surface area contributed by atoms with Crippen LogP contribution in [-0.4, -0.2) is 6.71 Å². The lowest BCUT2D eigenvalue weighted by atomic mass is 9.35. The SMILES string of the molecule is Cc1cc2c3c(c1)N(c1ccc(C(C)(C)C)cc1)c1c(oc4ccc(C(C)(C)C)cc14)B3c1ccc(-c3ccccc3C)cc1N2c1cccc(-c2ccccc2C)c1. The Morgan fingerprint density at radius 3 is 1.75 bits per heavy atom. The van der Waals surface area contributed by atoms with Gasteiger partial charge in [0.25, 0.3) is 6.71 Å². The van der Waals surface area contributed by atoms with Gasteiger partial charge >= 0.3 is 0 Å². The second-order valence-corrected chi connectivity index (χ2v) is 18.8. The van der Waals surface area contributed by atoms with Crippen LogP contribution in [0.5, 0.6) is 0 Å². The summed E-state index contributed by atoms with van der Waals surface area (Å²) in [7, 11) is 0. The van der Waals surface area contributed by atoms with E-state index in [1.165, 1.54) is 78.1 Å². The van der Waals surface area contributed by atoms with E-state index in [1.54, 1.807) is 0 Å². The quantitative estimate of drug-likeness (QED) is 0.166. The molecule has 0 amide bonds. The van der Waals surface area contributed by atoms with Gasteiger partial charge in [-0.3, -0.25) is 0 Å². The maximum Gasteiger partial charge on any atom is 0.297 e. The predicted molar refractivity (Wildman–Crippen MR) is 253 cm³/mol. The number of nitrogens with zero attached hydrogens (tertiary/aromatic N) is 2. The summed E-state index contributed by atoms with van der Waals surface area (Å²) in [6, 6.07) is 54.4. The summed E-state index contributed by atoms with van der Waals surface area (Å²) in [4.78, 5) is 5.02. The van der Waals surface area contributed by atoms with Gasteiger partial charge in [-0.2, -0.15) is 0 Å². The number of hydrogen-bond donors (Lipinski definition) is 0. The Balaban J connectivity index is 1.29. The van der Waals surface area contributed by atoms with Crippen molar-refractivity contribution in [2.45, 2.75) is 73.1 Å². The molecule has 0 atom stereocenters. The lowest BCUT2D eigenvalue weighted by Gasteiger charge is -2.43. The minimum atomic E-state index is -0.122. The Labute approximate surface area is 350 Å². The number of hydrogen-bond acceptors (Lipinski definition) is 3. The summed E-state index contributed by atoms with van der Waals surface area (Å²) in [5.74, 6) is 0. The third-order valence-electron chi connectivity index (χ3n) is 12.7. The summed E-state index contributed by atoms with van der Waals surface area (Å²) in [5, 5.41) is 1.15. The van der Waals surface area contributed by atoms with E-state index in [1.807, 2.05) is 0 Å². The molecule has 0 spiro atoms. The lowest BCUT2D eigenvalue weighted by Crippen LogP contribution is -2.61. The molecule has 59 heavy (non-hydrogen) atoms. The molecule has 3 nitrogen and oxygen atoms in total. The first-order chi connectivity index (χ1) is 28.3. The number of furan rings is 1. The van der Waals surface area contributed by atoms with Crippen molar-refractivity contribution in [3.05, 3.63) is 173 Å². The molecule has 0 N–H and O–H groups in total. The highest BCUT2D eigenvalue weighted by atomic mass is 16.3. The molecule has 0 unspecified atom stereocenters. The van der Waals surface area contributed by atoms with Crippen LogP contribution in [0.4, 0.5) is 34.1 Å². The van der Waals surface area contributed by atoms with Gasteiger partial charge in [-0.25, -0.2) is 0 Å². The van der Waals surface area contributed by atoms with Crippen LogP contribution in [0.1, 0.15) is 69.4 Å². The van der Waals surface area contributed by atoms with Gasteiger partial charge in [0, 0.05) is 33.8 Å². The smallest absolute Gasteiger partial charge is 0.297 e. The van der Waals surface area contributed by atoms with Gasteiger partial charge in [-0.15, -0.1) is 0 Å². The Bertz CT molecular complexity index is 2960. The van der Waals surface area contributed by atoms with Crippen LogP contribution in [0.25, 0.3) is 33.2 Å². The van der Waals surface area contributed by atoms with Gasteiger partial charge in [0.05, 0.1) is 11.3 Å². The molecule has 0 bridgehead atoms. The van der Waals surface area contributed by atoms with Gasteiger partial charge in [-0.1, -0.05) is 133 Å². The van der Waals surface area contributed by atoms with Crippen LogP contribution in [0.3, 0.4) is 0 Å². The highest BCUT2D eigenvalue weighted by Crippen LogP contribution is 2.48. The maximum atomic E-state index is 7.23. The van der Waals surface area contributed by atoms with E-state index in [4.69, 9.17) is 4.42 Å². The number of aryl methyl sites for hydroxylation is 3. The molecule has 4 heteroatoms. The van der Waals surface area contributed by atoms with Crippen molar-refractivity contribution < 1.29 is 4.42 Å². The highest BCUT2D eigenvalue weighted by Gasteiger charge is 2.47. The molecule has 0 saturated carbocycles. The summed E-state index contributed by atoms with van der Waals surface area (Å²) >= 11 is 0. The third kappa shape index (κ3) is 6.03. The van der Waals surface area contributed by atoms with E-state index in [0.717, 1.165) is 33.7 Å². The van der Waals surface area contributed by atoms with Crippen molar-refractivity contribution >= 4 is 68.4 Å². The summed E-state index contributed by atoms with van der Waals surface area (Å²) in [6.07, 6.45) is 0. The van der Waals surface area contributed by atoms with Crippen molar-refractivity contribution in [2.24, 2.45) is 0 Å². The molecule has 3 heterocycles. The van der Waals surface area contributed by atoms with Gasteiger partial charge in [0.1, 0.15) is 5.58 Å². The van der Waals surface area contributed by atoms with Gasteiger partial charge < -0.3 is 14.2 Å². The molecule has 290 valence electrons. The minimum Gasteiger partial charge on any atom is -0.468 e. The van der Waals surface area contributed by atoms with Crippen molar-refractivity contribution in [1.82, 2.24) is 0 Å². The molecule has 0 radical (unpaired) electrons. The fraction of sp³-hybridized carbons (Fsp3) is 0.200. The van der Waals surface area contributed by atoms with Crippen LogP contribution in [0.15, 0.2) is 150 Å². The normalized spacial score (nSPS) is 13.4. The second-order valence-electron chi connectivity index (χ2n) is 18.8. The summed E-state index contributed by atoms with van der Waals surface area (Å²) in [5.41, 5.74) is 22.6. The van der Waals surface area contributed by atoms with Crippen molar-refractivity contribution in [1.29, 1.82) is 0 Å². The number of benzene rings is 7. The first kappa shape index (κ1) is 37.0. The molecule has 1 aromatic heterocycles. The number of rotatable bonds is 4. The Hall–Kier alpha value is -6.26. The van der Waals surface area contributed by atoms with Crippen LogP contribution in [-0.2, 0) is 10.8 Å². The largest absolute Gasteiger partial charge is 0.468 e. The fourth-order valence-electron chi connectivity index (χ4n) is 9.51. The zero-order valence-electron chi connectivity index (χ0n) is 35.7. The van der Waals surface area contributed by atoms with E-state index in [2.05, 4.69) is 218 Å². The molecular formula is C55H51BN2O. The van der Waals surface area contributed by atoms with E-state index in [9.17, 15) is 0 Å². The highest BCUT2D eigenvalue weighted by molar-refractivity contribution is 7.00. The summed E-state index contributed by atoms with van der Waals surface area (Å²) < 4.78 is 7.23. The number of fused-ring (bicyclic) bond motifs is 6. The zero-order valence-corrected chi connectivity index (χ0v) is 35.7. The average Bonchev–Trinajstić information content (AvgIpc) is 3.59. The van der Waals surface area contributed by atoms with E-state index < -0.39 is 0 Å². The van der Waals surface area contributed by atoms with E-state index in [0.29, 0.717) is 0 Å². The van der Waals surface area contributed by atoms with Crippen molar-refractivity contribution in [3.8, 4) is 22.3 Å². The van der Waals surface area contributed by atoms with E-state index in [-0.39, 0.29) is 17.5 Å². The summed E-state index contributed by atoms with van der Waals surface area (Å²) in [6.45, 7) is 20.3. The molecule has 2 aliphatic heterocycles. The number of anilines is 6. The Morgan fingerprint density at radius 2 is 1.10 bits per heavy atom. The predicted octanol–water partition coefficient (Wildman–Crippen LogP) is 13.4. The first-order valence-electron chi connectivity index (χ1n) is 21.0. The van der Waals surface area contributed by atoms with Crippen LogP contribution >= 0.6 is 0 Å². The lowest BCUT2D eigenvalue weighted by molar-refractivity contribution is 0.590. The molecule has 0 aliphatic carbocycles. The Kier molecular flexibility index (Phi) is 8.41. The monoisotopic (exact) mass is 766 g/mol. The first-order valence-corrected chi connectivity index (χ1v) is 21.0. The van der Waals surface area contributed by atoms with Crippen LogP contribution in [0.2, 0.25) is 0 Å². The fourth-order valence-corrected chi connectivity index (χ4v) is 9.51. The van der Waals surface area contributed by atoms with E-state index >= 15 is 0 Å². The molecule has 0 fully saturated rings. The molecule has 0 saturated heterocycles. The topological polar surface area (TPSA) is 19.6 Å². The van der Waals surface area contributed by atoms with Crippen molar-refractivity contribution in [3.63, 3.8) is 0 Å². The van der Waals surface area contributed by atoms with Gasteiger partial charge in [0.2, 0.25) is 0 Å². The standard InChI is InChI=1S/C55H51BN2O/c1-34-29-48-51-49(30-34)58(41-25-22-39(23-26-41)54(4,5)6)52-45-33-40(55(7,8)9)24-28-50(45)59-53(52)56(51)46-27-21-38(44-20-13-11-16-36(44)3)32-47(46)57(48)42-18-14-17-37(31-42)43-19-12-10-15-35(43)2/h10-33H,1-9H3. The minimum absolute atomic E-state index is 0.0232.